The average molecular weight is 304 g/mol. The highest BCUT2D eigenvalue weighted by Gasteiger charge is 2.24. The number of aliphatic hydroxyl groups excluding tert-OH is 1. The van der Waals surface area contributed by atoms with Gasteiger partial charge in [-0.2, -0.15) is 11.8 Å². The lowest BCUT2D eigenvalue weighted by Crippen LogP contribution is -2.34. The Hall–Kier alpha value is -0.500. The zero-order chi connectivity index (χ0) is 13.9. The second-order valence-electron chi connectivity index (χ2n) is 4.70. The van der Waals surface area contributed by atoms with Crippen LogP contribution in [0.5, 0.6) is 0 Å². The van der Waals surface area contributed by atoms with Crippen LogP contribution in [0.1, 0.15) is 25.5 Å². The minimum atomic E-state index is -3.47. The topological polar surface area (TPSA) is 71.3 Å². The number of nitrogens with one attached hydrogen (secondary N) is 1. The molecule has 7 heteroatoms. The molecule has 0 aliphatic carbocycles. The lowest BCUT2D eigenvalue weighted by atomic mass is 10.3. The van der Waals surface area contributed by atoms with Gasteiger partial charge in [0.05, 0.1) is 11.5 Å². The van der Waals surface area contributed by atoms with Crippen LogP contribution in [0.25, 0.3) is 0 Å². The largest absolute Gasteiger partial charge is 0.390 e. The molecule has 1 saturated heterocycles. The lowest BCUT2D eigenvalue weighted by molar-refractivity contribution is 0.270. The number of rotatable bonds is 6. The van der Waals surface area contributed by atoms with E-state index in [0.717, 1.165) is 24.3 Å². The summed E-state index contributed by atoms with van der Waals surface area (Å²) in [6.07, 6.45) is 3.39. The highest BCUT2D eigenvalue weighted by atomic mass is 32.2. The molecule has 2 heterocycles. The molecule has 0 radical (unpaired) electrons. The van der Waals surface area contributed by atoms with Crippen LogP contribution in [0.4, 0.5) is 0 Å². The molecule has 1 aromatic heterocycles. The Bertz CT molecular complexity index is 519. The molecule has 0 amide bonds. The van der Waals surface area contributed by atoms with Crippen LogP contribution in [0.2, 0.25) is 0 Å². The highest BCUT2D eigenvalue weighted by molar-refractivity contribution is 7.99. The third kappa shape index (κ3) is 3.53. The van der Waals surface area contributed by atoms with Gasteiger partial charge in [0.15, 0.2) is 0 Å². The second kappa shape index (κ2) is 6.30. The van der Waals surface area contributed by atoms with Crippen LogP contribution in [-0.2, 0) is 23.2 Å². The normalized spacial score (nSPS) is 20.0. The molecule has 1 aliphatic heterocycles. The average Bonchev–Trinajstić information content (AvgIpc) is 2.98. The van der Waals surface area contributed by atoms with Crippen LogP contribution < -0.4 is 4.72 Å². The van der Waals surface area contributed by atoms with Crippen molar-refractivity contribution in [2.45, 2.75) is 43.9 Å². The minimum Gasteiger partial charge on any atom is -0.390 e. The van der Waals surface area contributed by atoms with Gasteiger partial charge < -0.3 is 9.67 Å². The maximum atomic E-state index is 12.3. The Morgan fingerprint density at radius 3 is 2.95 bits per heavy atom. The molecule has 1 aliphatic rings. The number of sulfonamides is 1. The quantitative estimate of drug-likeness (QED) is 0.828. The van der Waals surface area contributed by atoms with Gasteiger partial charge in [0.25, 0.3) is 0 Å². The van der Waals surface area contributed by atoms with Crippen molar-refractivity contribution >= 4 is 21.8 Å². The highest BCUT2D eigenvalue weighted by Crippen LogP contribution is 2.21. The molecule has 108 valence electrons. The molecule has 2 rings (SSSR count). The number of hydrogen-bond acceptors (Lipinski definition) is 4. The molecule has 1 atom stereocenters. The number of hydrogen-bond donors (Lipinski definition) is 2. The Balaban J connectivity index is 2.19. The number of aromatic nitrogens is 1. The monoisotopic (exact) mass is 304 g/mol. The fourth-order valence-corrected chi connectivity index (χ4v) is 4.76. The van der Waals surface area contributed by atoms with Crippen molar-refractivity contribution in [3.05, 3.63) is 18.0 Å². The lowest BCUT2D eigenvalue weighted by Gasteiger charge is -2.10. The van der Waals surface area contributed by atoms with Crippen molar-refractivity contribution in [1.29, 1.82) is 0 Å². The predicted molar refractivity (Wildman–Crippen MR) is 76.7 cm³/mol. The number of aliphatic hydroxyl groups is 1. The molecule has 0 saturated carbocycles. The molecule has 1 aromatic rings. The van der Waals surface area contributed by atoms with Gasteiger partial charge in [0, 0.05) is 30.2 Å². The standard InChI is InChI=1S/C12H20N2O3S2/c1-2-4-14-7-12(6-11(14)8-15)19(16,17)13-10-3-5-18-9-10/h6-7,10,13,15H,2-5,8-9H2,1H3. The van der Waals surface area contributed by atoms with Gasteiger partial charge in [-0.25, -0.2) is 13.1 Å². The van der Waals surface area contributed by atoms with E-state index in [4.69, 9.17) is 0 Å². The predicted octanol–water partition coefficient (Wildman–Crippen LogP) is 1.17. The van der Waals surface area contributed by atoms with Gasteiger partial charge in [0.2, 0.25) is 10.0 Å². The van der Waals surface area contributed by atoms with E-state index in [1.54, 1.807) is 28.6 Å². The van der Waals surface area contributed by atoms with Gasteiger partial charge in [-0.1, -0.05) is 6.92 Å². The van der Waals surface area contributed by atoms with E-state index >= 15 is 0 Å². The van der Waals surface area contributed by atoms with E-state index in [2.05, 4.69) is 4.72 Å². The van der Waals surface area contributed by atoms with Crippen LogP contribution in [0.15, 0.2) is 17.2 Å². The Morgan fingerprint density at radius 2 is 2.37 bits per heavy atom. The zero-order valence-corrected chi connectivity index (χ0v) is 12.6. The summed E-state index contributed by atoms with van der Waals surface area (Å²) < 4.78 is 29.1. The van der Waals surface area contributed by atoms with Gasteiger partial charge >= 0.3 is 0 Å². The van der Waals surface area contributed by atoms with Gasteiger partial charge in [-0.05, 0) is 24.7 Å². The first kappa shape index (κ1) is 14.9. The number of thioether (sulfide) groups is 1. The maximum Gasteiger partial charge on any atom is 0.242 e. The first-order chi connectivity index (χ1) is 9.06. The number of aryl methyl sites for hydroxylation is 1. The second-order valence-corrected chi connectivity index (χ2v) is 7.56. The molecule has 1 fully saturated rings. The molecule has 2 N–H and O–H groups in total. The SMILES string of the molecule is CCCn1cc(S(=O)(=O)NC2CCSC2)cc1CO. The summed E-state index contributed by atoms with van der Waals surface area (Å²) in [5.74, 6) is 1.84. The summed E-state index contributed by atoms with van der Waals surface area (Å²) in [7, 11) is -3.47. The summed E-state index contributed by atoms with van der Waals surface area (Å²) in [4.78, 5) is 0.252. The summed E-state index contributed by atoms with van der Waals surface area (Å²) >= 11 is 1.77. The van der Waals surface area contributed by atoms with Gasteiger partial charge in [-0.3, -0.25) is 0 Å². The summed E-state index contributed by atoms with van der Waals surface area (Å²) in [5.41, 5.74) is 0.642. The zero-order valence-electron chi connectivity index (χ0n) is 11.0. The first-order valence-electron chi connectivity index (χ1n) is 6.47. The van der Waals surface area contributed by atoms with E-state index in [-0.39, 0.29) is 17.5 Å². The van der Waals surface area contributed by atoms with E-state index < -0.39 is 10.0 Å². The Kier molecular flexibility index (Phi) is 4.94. The summed E-state index contributed by atoms with van der Waals surface area (Å²) in [6, 6.07) is 1.59. The van der Waals surface area contributed by atoms with Crippen molar-refractivity contribution in [3.8, 4) is 0 Å². The smallest absolute Gasteiger partial charge is 0.242 e. The summed E-state index contributed by atoms with van der Waals surface area (Å²) in [6.45, 7) is 2.59. The third-order valence-corrected chi connectivity index (χ3v) is 5.80. The minimum absolute atomic E-state index is 0.0297. The van der Waals surface area contributed by atoms with Crippen LogP contribution in [0.3, 0.4) is 0 Å². The molecule has 5 nitrogen and oxygen atoms in total. The van der Waals surface area contributed by atoms with Gasteiger partial charge in [-0.15, -0.1) is 0 Å². The molecule has 1 unspecified atom stereocenters. The fraction of sp³-hybridized carbons (Fsp3) is 0.667. The van der Waals surface area contributed by atoms with Crippen molar-refractivity contribution < 1.29 is 13.5 Å². The fourth-order valence-electron chi connectivity index (χ4n) is 2.17. The number of nitrogens with zero attached hydrogens (tertiary/aromatic N) is 1. The Labute approximate surface area is 118 Å². The van der Waals surface area contributed by atoms with E-state index in [0.29, 0.717) is 12.2 Å². The molecule has 0 spiro atoms. The van der Waals surface area contributed by atoms with Crippen LogP contribution in [-0.4, -0.2) is 35.6 Å². The maximum absolute atomic E-state index is 12.3. The van der Waals surface area contributed by atoms with E-state index in [1.165, 1.54) is 0 Å². The van der Waals surface area contributed by atoms with E-state index in [1.807, 2.05) is 6.92 Å². The van der Waals surface area contributed by atoms with Crippen LogP contribution >= 0.6 is 11.8 Å². The molecular formula is C12H20N2O3S2. The van der Waals surface area contributed by atoms with Crippen molar-refractivity contribution in [2.24, 2.45) is 0 Å². The molecule has 0 aromatic carbocycles. The molecule has 0 bridgehead atoms. The van der Waals surface area contributed by atoms with E-state index in [9.17, 15) is 13.5 Å². The van der Waals surface area contributed by atoms with Crippen molar-refractivity contribution in [3.63, 3.8) is 0 Å². The molecular weight excluding hydrogens is 284 g/mol. The van der Waals surface area contributed by atoms with Crippen LogP contribution in [0, 0.1) is 0 Å². The van der Waals surface area contributed by atoms with Crippen molar-refractivity contribution in [2.75, 3.05) is 11.5 Å². The van der Waals surface area contributed by atoms with Crippen molar-refractivity contribution in [1.82, 2.24) is 9.29 Å². The molecule has 19 heavy (non-hydrogen) atoms. The first-order valence-corrected chi connectivity index (χ1v) is 9.10. The summed E-state index contributed by atoms with van der Waals surface area (Å²) in [5, 5.41) is 9.27. The third-order valence-electron chi connectivity index (χ3n) is 3.15. The Morgan fingerprint density at radius 1 is 1.58 bits per heavy atom. The van der Waals surface area contributed by atoms with Gasteiger partial charge in [0.1, 0.15) is 0 Å².